The van der Waals surface area contributed by atoms with E-state index in [0.717, 1.165) is 31.5 Å². The number of anilines is 1. The maximum absolute atomic E-state index is 13.5. The molecule has 0 fully saturated rings. The van der Waals surface area contributed by atoms with Crippen molar-refractivity contribution in [2.45, 2.75) is 24.9 Å². The Morgan fingerprint density at radius 2 is 1.92 bits per heavy atom. The number of aromatic nitrogens is 2. The Morgan fingerprint density at radius 1 is 1.14 bits per heavy atom. The third-order valence-corrected chi connectivity index (χ3v) is 8.56. The van der Waals surface area contributed by atoms with Crippen molar-refractivity contribution in [1.82, 2.24) is 4.57 Å². The fourth-order valence-corrected chi connectivity index (χ4v) is 6.82. The van der Waals surface area contributed by atoms with Crippen molar-refractivity contribution in [3.8, 4) is 0 Å². The zero-order valence-corrected chi connectivity index (χ0v) is 22.8. The number of halogens is 2. The van der Waals surface area contributed by atoms with Crippen molar-refractivity contribution in [3.05, 3.63) is 114 Å². The Hall–Kier alpha value is -3.02. The third kappa shape index (κ3) is 4.95. The maximum atomic E-state index is 13.5. The van der Waals surface area contributed by atoms with Gasteiger partial charge >= 0.3 is 0 Å². The largest absolute Gasteiger partial charge is 1.00 e. The van der Waals surface area contributed by atoms with Crippen LogP contribution in [0.2, 0.25) is 5.02 Å². The fraction of sp³-hybridized carbons (Fsp3) is 0.148. The summed E-state index contributed by atoms with van der Waals surface area (Å²) >= 11 is 9.27. The van der Waals surface area contributed by atoms with Crippen molar-refractivity contribution in [2.75, 3.05) is 11.9 Å². The van der Waals surface area contributed by atoms with Gasteiger partial charge in [-0.1, -0.05) is 53.7 Å². The highest BCUT2D eigenvalue weighted by molar-refractivity contribution is 8.08. The number of hydrogen-bond acceptors (Lipinski definition) is 4. The lowest BCUT2D eigenvalue weighted by Gasteiger charge is -2.12. The van der Waals surface area contributed by atoms with Crippen LogP contribution >= 0.6 is 34.7 Å². The molecule has 3 heterocycles. The van der Waals surface area contributed by atoms with E-state index in [4.69, 9.17) is 18.2 Å². The monoisotopic (exact) mass is 552 g/mol. The molecule has 182 valence electrons. The van der Waals surface area contributed by atoms with E-state index in [1.165, 1.54) is 11.3 Å². The summed E-state index contributed by atoms with van der Waals surface area (Å²) in [5.41, 5.74) is 3.71. The molecular formula is C27H22Cl2N4OS2. The second-order valence-corrected chi connectivity index (χ2v) is 10.6. The molecule has 36 heavy (non-hydrogen) atoms. The molecule has 0 bridgehead atoms. The molecule has 0 saturated carbocycles. The van der Waals surface area contributed by atoms with Gasteiger partial charge in [0.25, 0.3) is 5.56 Å². The standard InChI is InChI=1S/C27H22ClN4OS2.ClH/c1-4-32-24(15-21-12-11-20(29-2)17-31(21)16-18-8-6-5-7-9-18)35-25(26(32)33)27-30(3)22-13-10-19(28)14-23(22)34-27;/h5-15,17H,4,16H2,1,3H3;1H/q+1;/p-1/b27-25+;. The molecule has 0 atom stereocenters. The molecule has 0 spiro atoms. The number of thiazole rings is 1. The fourth-order valence-electron chi connectivity index (χ4n) is 4.08. The van der Waals surface area contributed by atoms with E-state index < -0.39 is 0 Å². The lowest BCUT2D eigenvalue weighted by atomic mass is 10.2. The minimum Gasteiger partial charge on any atom is -1.00 e. The summed E-state index contributed by atoms with van der Waals surface area (Å²) in [4.78, 5) is 20.2. The molecule has 0 unspecified atom stereocenters. The highest BCUT2D eigenvalue weighted by Crippen LogP contribution is 2.46. The summed E-state index contributed by atoms with van der Waals surface area (Å²) < 4.78 is 5.46. The Morgan fingerprint density at radius 3 is 2.64 bits per heavy atom. The van der Waals surface area contributed by atoms with Gasteiger partial charge in [0.05, 0.1) is 12.3 Å². The number of hydrogen-bond donors (Lipinski definition) is 0. The molecule has 9 heteroatoms. The van der Waals surface area contributed by atoms with Crippen molar-refractivity contribution in [1.29, 1.82) is 0 Å². The van der Waals surface area contributed by atoms with Crippen molar-refractivity contribution in [3.63, 3.8) is 0 Å². The molecule has 4 aromatic rings. The first-order valence-corrected chi connectivity index (χ1v) is 13.1. The Balaban J connectivity index is 0.00000304. The Bertz CT molecular complexity index is 1660. The van der Waals surface area contributed by atoms with Crippen LogP contribution in [0.4, 0.5) is 11.4 Å². The third-order valence-electron chi connectivity index (χ3n) is 5.86. The molecule has 0 saturated heterocycles. The Kier molecular flexibility index (Phi) is 7.91. The molecule has 0 N–H and O–H groups in total. The minimum absolute atomic E-state index is 0. The highest BCUT2D eigenvalue weighted by atomic mass is 35.5. The summed E-state index contributed by atoms with van der Waals surface area (Å²) in [6, 6.07) is 19.7. The van der Waals surface area contributed by atoms with Gasteiger partial charge in [0, 0.05) is 35.2 Å². The van der Waals surface area contributed by atoms with Gasteiger partial charge in [0.2, 0.25) is 11.4 Å². The van der Waals surface area contributed by atoms with Gasteiger partial charge < -0.3 is 17.3 Å². The van der Waals surface area contributed by atoms with Crippen LogP contribution in [0.3, 0.4) is 0 Å². The van der Waals surface area contributed by atoms with Crippen LogP contribution in [0.1, 0.15) is 18.2 Å². The van der Waals surface area contributed by atoms with Crippen molar-refractivity contribution < 1.29 is 17.0 Å². The van der Waals surface area contributed by atoms with Crippen LogP contribution in [0.25, 0.3) is 16.0 Å². The predicted molar refractivity (Wildman–Crippen MR) is 145 cm³/mol. The molecular weight excluding hydrogens is 531 g/mol. The summed E-state index contributed by atoms with van der Waals surface area (Å²) in [5, 5.41) is 1.60. The normalized spacial score (nSPS) is 14.4. The Labute approximate surface area is 228 Å². The first-order chi connectivity index (χ1) is 17.0. The van der Waals surface area contributed by atoms with Gasteiger partial charge in [-0.15, -0.1) is 11.3 Å². The first kappa shape index (κ1) is 26.1. The molecule has 2 aromatic carbocycles. The van der Waals surface area contributed by atoms with Crippen molar-refractivity contribution in [2.24, 2.45) is 0 Å². The van der Waals surface area contributed by atoms with Gasteiger partial charge in [-0.3, -0.25) is 9.36 Å². The number of pyridine rings is 1. The minimum atomic E-state index is 0. The molecule has 5 nitrogen and oxygen atoms in total. The van der Waals surface area contributed by atoms with E-state index in [0.29, 0.717) is 28.3 Å². The number of rotatable bonds is 4. The average Bonchev–Trinajstić information content (AvgIpc) is 3.35. The van der Waals surface area contributed by atoms with E-state index in [2.05, 4.69) is 26.4 Å². The summed E-state index contributed by atoms with van der Waals surface area (Å²) in [6.45, 7) is 10.6. The van der Waals surface area contributed by atoms with Gasteiger partial charge in [0.15, 0.2) is 12.7 Å². The molecule has 5 rings (SSSR count). The second-order valence-electron chi connectivity index (χ2n) is 8.08. The molecule has 0 aliphatic carbocycles. The zero-order chi connectivity index (χ0) is 24.5. The van der Waals surface area contributed by atoms with Gasteiger partial charge in [-0.25, -0.2) is 9.41 Å². The summed E-state index contributed by atoms with van der Waals surface area (Å²) in [5.74, 6) is 0. The van der Waals surface area contributed by atoms with E-state index in [1.54, 1.807) is 11.8 Å². The van der Waals surface area contributed by atoms with E-state index in [9.17, 15) is 4.79 Å². The number of benzene rings is 2. The number of thioether (sulfide) groups is 1. The zero-order valence-electron chi connectivity index (χ0n) is 19.6. The molecule has 0 radical (unpaired) electrons. The van der Waals surface area contributed by atoms with Crippen LogP contribution in [-0.2, 0) is 13.1 Å². The second kappa shape index (κ2) is 10.9. The van der Waals surface area contributed by atoms with Crippen LogP contribution in [0.15, 0.2) is 76.6 Å². The lowest BCUT2D eigenvalue weighted by Crippen LogP contribution is -3.00. The van der Waals surface area contributed by atoms with Crippen LogP contribution in [-0.4, -0.2) is 11.6 Å². The smallest absolute Gasteiger partial charge is 0.271 e. The number of nitrogens with zero attached hydrogens (tertiary/aromatic N) is 4. The van der Waals surface area contributed by atoms with E-state index >= 15 is 0 Å². The van der Waals surface area contributed by atoms with Crippen LogP contribution < -0.4 is 36.6 Å². The molecule has 1 aliphatic heterocycles. The highest BCUT2D eigenvalue weighted by Gasteiger charge is 2.25. The SMILES string of the molecule is [C-]#[N+]c1ccc(/C=c2\s/c(=C3/Sc4cc(Cl)ccc4N3C)c(=O)n2CC)[n+](Cc2ccccc2)c1.[Cl-]. The topological polar surface area (TPSA) is 33.5 Å². The molecule has 0 amide bonds. The van der Waals surface area contributed by atoms with Crippen LogP contribution in [0.5, 0.6) is 0 Å². The van der Waals surface area contributed by atoms with Gasteiger partial charge in [-0.2, -0.15) is 0 Å². The maximum Gasteiger partial charge on any atom is 0.271 e. The number of fused-ring (bicyclic) bond motifs is 1. The molecule has 1 aliphatic rings. The summed E-state index contributed by atoms with van der Waals surface area (Å²) in [6.07, 6.45) is 3.91. The van der Waals surface area contributed by atoms with E-state index in [-0.39, 0.29) is 18.0 Å². The molecule has 2 aromatic heterocycles. The lowest BCUT2D eigenvalue weighted by molar-refractivity contribution is -0.689. The quantitative estimate of drug-likeness (QED) is 0.285. The van der Waals surface area contributed by atoms with E-state index in [1.807, 2.05) is 79.3 Å². The average molecular weight is 554 g/mol. The van der Waals surface area contributed by atoms with Crippen molar-refractivity contribution >= 4 is 57.2 Å². The van der Waals surface area contributed by atoms with Crippen LogP contribution in [0, 0.1) is 6.57 Å². The van der Waals surface area contributed by atoms with Gasteiger partial charge in [0.1, 0.15) is 14.2 Å². The van der Waals surface area contributed by atoms with Gasteiger partial charge in [-0.05, 0) is 37.3 Å². The first-order valence-electron chi connectivity index (χ1n) is 11.1. The predicted octanol–water partition coefficient (Wildman–Crippen LogP) is 1.61. The summed E-state index contributed by atoms with van der Waals surface area (Å²) in [7, 11) is 1.98.